The molecule has 7 heteroatoms. The Morgan fingerprint density at radius 1 is 1.19 bits per heavy atom. The van der Waals surface area contributed by atoms with Crippen LogP contribution in [0, 0.1) is 6.92 Å². The van der Waals surface area contributed by atoms with Crippen molar-refractivity contribution in [2.45, 2.75) is 11.8 Å². The number of hydrogen-bond acceptors (Lipinski definition) is 3. The average molecular weight is 369 g/mol. The molecule has 0 aliphatic heterocycles. The van der Waals surface area contributed by atoms with Crippen LogP contribution in [-0.4, -0.2) is 14.3 Å². The standard InChI is InChI=1S/C14H13BrN2O3S/c1-9-4-2-7-12(13(9)15)14(18)17-10-5-3-6-11(8-10)21(16,19)20/h2-8H,1H3,(H,17,18)(H2,16,19,20). The number of rotatable bonds is 3. The third kappa shape index (κ3) is 3.69. The predicted molar refractivity (Wildman–Crippen MR) is 84.6 cm³/mol. The van der Waals surface area contributed by atoms with Crippen LogP contribution in [0.1, 0.15) is 15.9 Å². The fraction of sp³-hybridized carbons (Fsp3) is 0.0714. The highest BCUT2D eigenvalue weighted by Gasteiger charge is 2.13. The lowest BCUT2D eigenvalue weighted by Gasteiger charge is -2.09. The number of carbonyl (C=O) groups is 1. The summed E-state index contributed by atoms with van der Waals surface area (Å²) in [4.78, 5) is 12.2. The minimum atomic E-state index is -3.80. The first-order valence-electron chi connectivity index (χ1n) is 5.98. The van der Waals surface area contributed by atoms with Crippen LogP contribution in [0.25, 0.3) is 0 Å². The van der Waals surface area contributed by atoms with Crippen LogP contribution in [0.15, 0.2) is 51.8 Å². The van der Waals surface area contributed by atoms with Gasteiger partial charge in [-0.1, -0.05) is 18.2 Å². The van der Waals surface area contributed by atoms with Crippen LogP contribution >= 0.6 is 15.9 Å². The smallest absolute Gasteiger partial charge is 0.256 e. The largest absolute Gasteiger partial charge is 0.322 e. The summed E-state index contributed by atoms with van der Waals surface area (Å²) >= 11 is 3.36. The Bertz CT molecular complexity index is 804. The van der Waals surface area contributed by atoms with Crippen molar-refractivity contribution in [3.05, 3.63) is 58.1 Å². The topological polar surface area (TPSA) is 89.3 Å². The molecule has 2 aromatic rings. The molecule has 0 saturated carbocycles. The van der Waals surface area contributed by atoms with Gasteiger partial charge in [-0.3, -0.25) is 4.79 Å². The van der Waals surface area contributed by atoms with Crippen molar-refractivity contribution in [1.29, 1.82) is 0 Å². The number of anilines is 1. The molecule has 0 aliphatic carbocycles. The monoisotopic (exact) mass is 368 g/mol. The summed E-state index contributed by atoms with van der Waals surface area (Å²) in [6, 6.07) is 11.1. The van der Waals surface area contributed by atoms with E-state index in [0.29, 0.717) is 15.7 Å². The first kappa shape index (κ1) is 15.7. The number of benzene rings is 2. The summed E-state index contributed by atoms with van der Waals surface area (Å²) in [5.41, 5.74) is 1.76. The van der Waals surface area contributed by atoms with Gasteiger partial charge in [0, 0.05) is 10.2 Å². The average Bonchev–Trinajstić information content (AvgIpc) is 2.41. The van der Waals surface area contributed by atoms with E-state index in [1.807, 2.05) is 13.0 Å². The molecule has 0 saturated heterocycles. The fourth-order valence-corrected chi connectivity index (χ4v) is 2.78. The summed E-state index contributed by atoms with van der Waals surface area (Å²) in [5, 5.41) is 7.71. The van der Waals surface area contributed by atoms with E-state index >= 15 is 0 Å². The van der Waals surface area contributed by atoms with Crippen molar-refractivity contribution in [2.75, 3.05) is 5.32 Å². The van der Waals surface area contributed by atoms with Gasteiger partial charge in [0.05, 0.1) is 10.5 Å². The second kappa shape index (κ2) is 5.97. The third-order valence-electron chi connectivity index (χ3n) is 2.86. The molecular weight excluding hydrogens is 356 g/mol. The van der Waals surface area contributed by atoms with E-state index in [4.69, 9.17) is 5.14 Å². The molecule has 3 N–H and O–H groups in total. The zero-order chi connectivity index (χ0) is 15.6. The highest BCUT2D eigenvalue weighted by molar-refractivity contribution is 9.10. The van der Waals surface area contributed by atoms with Crippen LogP contribution in [-0.2, 0) is 10.0 Å². The molecule has 0 atom stereocenters. The number of sulfonamides is 1. The lowest BCUT2D eigenvalue weighted by Crippen LogP contribution is -2.15. The maximum Gasteiger partial charge on any atom is 0.256 e. The van der Waals surface area contributed by atoms with E-state index in [2.05, 4.69) is 21.2 Å². The molecule has 2 rings (SSSR count). The van der Waals surface area contributed by atoms with Crippen molar-refractivity contribution in [2.24, 2.45) is 5.14 Å². The summed E-state index contributed by atoms with van der Waals surface area (Å²) in [5.74, 6) is -0.336. The SMILES string of the molecule is Cc1cccc(C(=O)Nc2cccc(S(N)(=O)=O)c2)c1Br. The van der Waals surface area contributed by atoms with Crippen LogP contribution < -0.4 is 10.5 Å². The van der Waals surface area contributed by atoms with Gasteiger partial charge in [-0.25, -0.2) is 13.6 Å². The van der Waals surface area contributed by atoms with Gasteiger partial charge in [-0.2, -0.15) is 0 Å². The Morgan fingerprint density at radius 2 is 1.86 bits per heavy atom. The minimum absolute atomic E-state index is 0.0522. The number of nitrogens with two attached hydrogens (primary N) is 1. The molecule has 0 radical (unpaired) electrons. The lowest BCUT2D eigenvalue weighted by atomic mass is 10.1. The molecule has 0 heterocycles. The first-order chi connectivity index (χ1) is 9.79. The van der Waals surface area contributed by atoms with Gasteiger partial charge in [-0.05, 0) is 52.7 Å². The number of carbonyl (C=O) groups excluding carboxylic acids is 1. The molecule has 21 heavy (non-hydrogen) atoms. The summed E-state index contributed by atoms with van der Waals surface area (Å²) in [7, 11) is -3.80. The maximum absolute atomic E-state index is 12.2. The summed E-state index contributed by atoms with van der Waals surface area (Å²) in [6.07, 6.45) is 0. The van der Waals surface area contributed by atoms with Crippen molar-refractivity contribution >= 4 is 37.5 Å². The van der Waals surface area contributed by atoms with Crippen molar-refractivity contribution < 1.29 is 13.2 Å². The predicted octanol–water partition coefficient (Wildman–Crippen LogP) is 2.66. The highest BCUT2D eigenvalue weighted by Crippen LogP contribution is 2.22. The van der Waals surface area contributed by atoms with Gasteiger partial charge in [0.2, 0.25) is 10.0 Å². The van der Waals surface area contributed by atoms with Gasteiger partial charge in [-0.15, -0.1) is 0 Å². The molecule has 0 aliphatic rings. The Hall–Kier alpha value is -1.70. The fourth-order valence-electron chi connectivity index (χ4n) is 1.77. The first-order valence-corrected chi connectivity index (χ1v) is 8.32. The van der Waals surface area contributed by atoms with Crippen LogP contribution in [0.4, 0.5) is 5.69 Å². The summed E-state index contributed by atoms with van der Waals surface area (Å²) in [6.45, 7) is 1.88. The number of hydrogen-bond donors (Lipinski definition) is 2. The number of amides is 1. The van der Waals surface area contributed by atoms with Crippen molar-refractivity contribution in [3.63, 3.8) is 0 Å². The third-order valence-corrected chi connectivity index (χ3v) is 4.82. The second-order valence-electron chi connectivity index (χ2n) is 4.46. The zero-order valence-corrected chi connectivity index (χ0v) is 13.5. The number of aryl methyl sites for hydroxylation is 1. The van der Waals surface area contributed by atoms with E-state index in [-0.39, 0.29) is 10.8 Å². The van der Waals surface area contributed by atoms with Crippen LogP contribution in [0.5, 0.6) is 0 Å². The molecule has 0 unspecified atom stereocenters. The number of halogens is 1. The van der Waals surface area contributed by atoms with Crippen molar-refractivity contribution in [3.8, 4) is 0 Å². The van der Waals surface area contributed by atoms with Crippen LogP contribution in [0.2, 0.25) is 0 Å². The summed E-state index contributed by atoms with van der Waals surface area (Å²) < 4.78 is 23.3. The second-order valence-corrected chi connectivity index (χ2v) is 6.82. The molecule has 2 aromatic carbocycles. The zero-order valence-electron chi connectivity index (χ0n) is 11.1. The molecule has 110 valence electrons. The number of primary sulfonamides is 1. The van der Waals surface area contributed by atoms with Gasteiger partial charge in [0.1, 0.15) is 0 Å². The van der Waals surface area contributed by atoms with Crippen LogP contribution in [0.3, 0.4) is 0 Å². The van der Waals surface area contributed by atoms with Gasteiger partial charge in [0.15, 0.2) is 0 Å². The van der Waals surface area contributed by atoms with E-state index in [9.17, 15) is 13.2 Å². The Kier molecular flexibility index (Phi) is 4.46. The molecule has 1 amide bonds. The van der Waals surface area contributed by atoms with Gasteiger partial charge >= 0.3 is 0 Å². The Morgan fingerprint density at radius 3 is 2.52 bits per heavy atom. The maximum atomic E-state index is 12.2. The molecule has 5 nitrogen and oxygen atoms in total. The van der Waals surface area contributed by atoms with E-state index < -0.39 is 10.0 Å². The highest BCUT2D eigenvalue weighted by atomic mass is 79.9. The Labute approximate surface area is 131 Å². The molecule has 0 spiro atoms. The van der Waals surface area contributed by atoms with E-state index in [1.165, 1.54) is 18.2 Å². The molecule has 0 fully saturated rings. The van der Waals surface area contributed by atoms with Crippen molar-refractivity contribution in [1.82, 2.24) is 0 Å². The molecular formula is C14H13BrN2O3S. The normalized spacial score (nSPS) is 11.2. The van der Waals surface area contributed by atoms with Gasteiger partial charge < -0.3 is 5.32 Å². The molecule has 0 bridgehead atoms. The minimum Gasteiger partial charge on any atom is -0.322 e. The van der Waals surface area contributed by atoms with Gasteiger partial charge in [0.25, 0.3) is 5.91 Å². The Balaban J connectivity index is 2.30. The lowest BCUT2D eigenvalue weighted by molar-refractivity contribution is 0.102. The number of nitrogens with one attached hydrogen (secondary N) is 1. The van der Waals surface area contributed by atoms with E-state index in [1.54, 1.807) is 18.2 Å². The quantitative estimate of drug-likeness (QED) is 0.872. The molecule has 0 aromatic heterocycles. The van der Waals surface area contributed by atoms with E-state index in [0.717, 1.165) is 5.56 Å².